The van der Waals surface area contributed by atoms with E-state index < -0.39 is 0 Å². The Hall–Kier alpha value is -0.850. The molecule has 3 heteroatoms. The van der Waals surface area contributed by atoms with Crippen molar-refractivity contribution in [3.63, 3.8) is 0 Å². The number of nitrogens with one attached hydrogen (secondary N) is 1. The van der Waals surface area contributed by atoms with E-state index in [1.54, 1.807) is 11.3 Å². The molecule has 0 aromatic carbocycles. The lowest BCUT2D eigenvalue weighted by molar-refractivity contribution is 0.585. The molecule has 0 aliphatic rings. The van der Waals surface area contributed by atoms with E-state index in [0.717, 1.165) is 13.1 Å². The second-order valence-electron chi connectivity index (χ2n) is 4.41. The third kappa shape index (κ3) is 4.03. The van der Waals surface area contributed by atoms with Crippen molar-refractivity contribution in [2.24, 2.45) is 0 Å². The molecule has 1 N–H and O–H groups in total. The summed E-state index contributed by atoms with van der Waals surface area (Å²) in [5, 5.41) is 4.46. The molecule has 82 valence electrons. The Morgan fingerprint density at radius 1 is 1.47 bits per heavy atom. The lowest BCUT2D eigenvalue weighted by Crippen LogP contribution is -2.12. The molecule has 0 radical (unpaired) electrons. The minimum atomic E-state index is 0.159. The summed E-state index contributed by atoms with van der Waals surface area (Å²) in [6, 6.07) is 0. The number of hydrogen-bond acceptors (Lipinski definition) is 3. The molecular weight excluding hydrogens is 204 g/mol. The maximum atomic E-state index is 4.43. The second kappa shape index (κ2) is 5.29. The smallest absolute Gasteiger partial charge is 0.0981 e. The molecule has 0 spiro atoms. The summed E-state index contributed by atoms with van der Waals surface area (Å²) in [6.45, 7) is 10.0. The van der Waals surface area contributed by atoms with Gasteiger partial charge in [0, 0.05) is 23.0 Å². The summed E-state index contributed by atoms with van der Waals surface area (Å²) in [4.78, 5) is 5.70. The zero-order valence-corrected chi connectivity index (χ0v) is 10.7. The Morgan fingerprint density at radius 2 is 2.20 bits per heavy atom. The zero-order valence-electron chi connectivity index (χ0n) is 9.85. The summed E-state index contributed by atoms with van der Waals surface area (Å²) >= 11 is 1.78. The SMILES string of the molecule is CC#CCNCc1cnc(C(C)(C)C)s1. The summed E-state index contributed by atoms with van der Waals surface area (Å²) in [5.74, 6) is 5.84. The van der Waals surface area contributed by atoms with Gasteiger partial charge in [-0.25, -0.2) is 4.98 Å². The molecule has 0 bridgehead atoms. The monoisotopic (exact) mass is 222 g/mol. The molecule has 0 aliphatic heterocycles. The molecule has 15 heavy (non-hydrogen) atoms. The van der Waals surface area contributed by atoms with Crippen LogP contribution in [0.5, 0.6) is 0 Å². The highest BCUT2D eigenvalue weighted by molar-refractivity contribution is 7.11. The highest BCUT2D eigenvalue weighted by atomic mass is 32.1. The van der Waals surface area contributed by atoms with Gasteiger partial charge < -0.3 is 5.32 Å². The molecular formula is C12H18N2S. The summed E-state index contributed by atoms with van der Waals surface area (Å²) in [5.41, 5.74) is 0.159. The molecule has 0 unspecified atom stereocenters. The van der Waals surface area contributed by atoms with Gasteiger partial charge in [0.15, 0.2) is 0 Å². The molecule has 1 rings (SSSR count). The van der Waals surface area contributed by atoms with Crippen LogP contribution in [0.1, 0.15) is 37.6 Å². The average molecular weight is 222 g/mol. The maximum Gasteiger partial charge on any atom is 0.0981 e. The van der Waals surface area contributed by atoms with Crippen LogP contribution < -0.4 is 5.32 Å². The van der Waals surface area contributed by atoms with Crippen LogP contribution in [0.25, 0.3) is 0 Å². The second-order valence-corrected chi connectivity index (χ2v) is 5.53. The predicted molar refractivity (Wildman–Crippen MR) is 66.0 cm³/mol. The van der Waals surface area contributed by atoms with Crippen LogP contribution in [0.2, 0.25) is 0 Å². The molecule has 0 aliphatic carbocycles. The van der Waals surface area contributed by atoms with Crippen molar-refractivity contribution in [2.75, 3.05) is 6.54 Å². The molecule has 0 atom stereocenters. The minimum Gasteiger partial charge on any atom is -0.301 e. The highest BCUT2D eigenvalue weighted by Gasteiger charge is 2.17. The van der Waals surface area contributed by atoms with Gasteiger partial charge in [-0.3, -0.25) is 0 Å². The standard InChI is InChI=1S/C12H18N2S/c1-5-6-7-13-8-10-9-14-11(15-10)12(2,3)4/h9,13H,7-8H2,1-4H3. The van der Waals surface area contributed by atoms with Crippen LogP contribution in [0.4, 0.5) is 0 Å². The Morgan fingerprint density at radius 3 is 2.73 bits per heavy atom. The van der Waals surface area contributed by atoms with Gasteiger partial charge in [0.05, 0.1) is 11.6 Å². The third-order valence-electron chi connectivity index (χ3n) is 1.88. The fourth-order valence-electron chi connectivity index (χ4n) is 1.07. The van der Waals surface area contributed by atoms with Crippen molar-refractivity contribution in [3.05, 3.63) is 16.1 Å². The third-order valence-corrected chi connectivity index (χ3v) is 3.31. The van der Waals surface area contributed by atoms with E-state index in [2.05, 4.69) is 42.9 Å². The Bertz CT molecular complexity index is 363. The molecule has 1 heterocycles. The van der Waals surface area contributed by atoms with E-state index >= 15 is 0 Å². The molecule has 0 amide bonds. The van der Waals surface area contributed by atoms with Crippen LogP contribution >= 0.6 is 11.3 Å². The van der Waals surface area contributed by atoms with Crippen molar-refractivity contribution < 1.29 is 0 Å². The van der Waals surface area contributed by atoms with Gasteiger partial charge >= 0.3 is 0 Å². The van der Waals surface area contributed by atoms with Crippen molar-refractivity contribution in [1.82, 2.24) is 10.3 Å². The zero-order chi connectivity index (χ0) is 11.3. The first-order valence-corrected chi connectivity index (χ1v) is 5.91. The average Bonchev–Trinajstić information content (AvgIpc) is 2.60. The van der Waals surface area contributed by atoms with E-state index in [4.69, 9.17) is 0 Å². The predicted octanol–water partition coefficient (Wildman–Crippen LogP) is 2.55. The van der Waals surface area contributed by atoms with E-state index in [1.165, 1.54) is 9.88 Å². The normalized spacial score (nSPS) is 10.9. The largest absolute Gasteiger partial charge is 0.301 e. The molecule has 1 aromatic rings. The van der Waals surface area contributed by atoms with Crippen LogP contribution in [-0.4, -0.2) is 11.5 Å². The van der Waals surface area contributed by atoms with E-state index in [-0.39, 0.29) is 5.41 Å². The fraction of sp³-hybridized carbons (Fsp3) is 0.583. The van der Waals surface area contributed by atoms with E-state index in [9.17, 15) is 0 Å². The molecule has 0 saturated carbocycles. The fourth-order valence-corrected chi connectivity index (χ4v) is 2.01. The van der Waals surface area contributed by atoms with Crippen molar-refractivity contribution >= 4 is 11.3 Å². The topological polar surface area (TPSA) is 24.9 Å². The van der Waals surface area contributed by atoms with E-state index in [1.807, 2.05) is 13.1 Å². The Labute approximate surface area is 96.1 Å². The van der Waals surface area contributed by atoms with Crippen LogP contribution in [-0.2, 0) is 12.0 Å². The first-order valence-electron chi connectivity index (χ1n) is 5.09. The molecule has 2 nitrogen and oxygen atoms in total. The van der Waals surface area contributed by atoms with Gasteiger partial charge in [-0.15, -0.1) is 17.3 Å². The lowest BCUT2D eigenvalue weighted by atomic mass is 9.98. The first-order chi connectivity index (χ1) is 7.04. The quantitative estimate of drug-likeness (QED) is 0.628. The van der Waals surface area contributed by atoms with Gasteiger partial charge in [-0.1, -0.05) is 26.7 Å². The van der Waals surface area contributed by atoms with Crippen molar-refractivity contribution in [2.45, 2.75) is 39.7 Å². The molecule has 0 fully saturated rings. The number of thiazole rings is 1. The van der Waals surface area contributed by atoms with Gasteiger partial charge in [0.2, 0.25) is 0 Å². The maximum absolute atomic E-state index is 4.43. The number of hydrogen-bond donors (Lipinski definition) is 1. The van der Waals surface area contributed by atoms with Gasteiger partial charge in [0.1, 0.15) is 0 Å². The Kier molecular flexibility index (Phi) is 4.31. The van der Waals surface area contributed by atoms with Crippen LogP contribution in [0, 0.1) is 11.8 Å². The van der Waals surface area contributed by atoms with Crippen molar-refractivity contribution in [3.8, 4) is 11.8 Å². The van der Waals surface area contributed by atoms with Gasteiger partial charge in [-0.05, 0) is 6.92 Å². The molecule has 0 saturated heterocycles. The number of nitrogens with zero attached hydrogens (tertiary/aromatic N) is 1. The van der Waals surface area contributed by atoms with Gasteiger partial charge in [-0.2, -0.15) is 0 Å². The molecule has 1 aromatic heterocycles. The van der Waals surface area contributed by atoms with Crippen LogP contribution in [0.3, 0.4) is 0 Å². The van der Waals surface area contributed by atoms with E-state index in [0.29, 0.717) is 0 Å². The van der Waals surface area contributed by atoms with Crippen LogP contribution in [0.15, 0.2) is 6.20 Å². The van der Waals surface area contributed by atoms with Crippen molar-refractivity contribution in [1.29, 1.82) is 0 Å². The Balaban J connectivity index is 2.49. The first kappa shape index (κ1) is 12.2. The lowest BCUT2D eigenvalue weighted by Gasteiger charge is -2.13. The van der Waals surface area contributed by atoms with Gasteiger partial charge in [0.25, 0.3) is 0 Å². The highest BCUT2D eigenvalue weighted by Crippen LogP contribution is 2.26. The number of rotatable bonds is 3. The summed E-state index contributed by atoms with van der Waals surface area (Å²) in [7, 11) is 0. The minimum absolute atomic E-state index is 0.159. The summed E-state index contributed by atoms with van der Waals surface area (Å²) < 4.78 is 0. The summed E-state index contributed by atoms with van der Waals surface area (Å²) in [6.07, 6.45) is 1.96. The number of aromatic nitrogens is 1.